The Morgan fingerprint density at radius 2 is 2.19 bits per heavy atom. The molecule has 7 heteroatoms. The SMILES string of the molecule is CCNCc1cn[nH]c1S(=O)(=O)NC1CCCCC1(C)C. The van der Waals surface area contributed by atoms with E-state index in [2.05, 4.69) is 34.1 Å². The van der Waals surface area contributed by atoms with Crippen LogP contribution < -0.4 is 10.0 Å². The van der Waals surface area contributed by atoms with Crippen LogP contribution in [-0.2, 0) is 16.6 Å². The summed E-state index contributed by atoms with van der Waals surface area (Å²) in [5.41, 5.74) is 0.672. The highest BCUT2D eigenvalue weighted by Crippen LogP contribution is 2.36. The Morgan fingerprint density at radius 3 is 2.86 bits per heavy atom. The number of aromatic amines is 1. The molecule has 1 heterocycles. The second-order valence-electron chi connectivity index (χ2n) is 6.41. The van der Waals surface area contributed by atoms with Crippen molar-refractivity contribution in [3.63, 3.8) is 0 Å². The van der Waals surface area contributed by atoms with Crippen molar-refractivity contribution >= 4 is 10.0 Å². The van der Waals surface area contributed by atoms with E-state index in [4.69, 9.17) is 0 Å². The van der Waals surface area contributed by atoms with Gasteiger partial charge in [0.15, 0.2) is 5.03 Å². The number of aromatic nitrogens is 2. The molecule has 0 saturated heterocycles. The smallest absolute Gasteiger partial charge is 0.258 e. The van der Waals surface area contributed by atoms with Gasteiger partial charge in [0.25, 0.3) is 10.0 Å². The molecule has 120 valence electrons. The molecule has 1 aliphatic rings. The summed E-state index contributed by atoms with van der Waals surface area (Å²) in [5.74, 6) is 0. The maximum atomic E-state index is 12.6. The van der Waals surface area contributed by atoms with E-state index < -0.39 is 10.0 Å². The van der Waals surface area contributed by atoms with Crippen LogP contribution in [0.5, 0.6) is 0 Å². The zero-order chi connectivity index (χ0) is 15.5. The van der Waals surface area contributed by atoms with Crippen LogP contribution >= 0.6 is 0 Å². The molecule has 2 rings (SSSR count). The van der Waals surface area contributed by atoms with Crippen LogP contribution in [0.1, 0.15) is 52.0 Å². The van der Waals surface area contributed by atoms with Crippen LogP contribution in [0.15, 0.2) is 11.2 Å². The van der Waals surface area contributed by atoms with Crippen LogP contribution in [0.25, 0.3) is 0 Å². The molecule has 1 aromatic rings. The molecule has 0 aromatic carbocycles. The van der Waals surface area contributed by atoms with Crippen LogP contribution in [0.3, 0.4) is 0 Å². The van der Waals surface area contributed by atoms with E-state index in [0.717, 1.165) is 25.8 Å². The zero-order valence-electron chi connectivity index (χ0n) is 13.1. The largest absolute Gasteiger partial charge is 0.313 e. The third-order valence-electron chi connectivity index (χ3n) is 4.32. The average molecular weight is 314 g/mol. The van der Waals surface area contributed by atoms with Crippen molar-refractivity contribution in [3.05, 3.63) is 11.8 Å². The van der Waals surface area contributed by atoms with E-state index in [1.54, 1.807) is 6.20 Å². The number of sulfonamides is 1. The van der Waals surface area contributed by atoms with Gasteiger partial charge < -0.3 is 5.32 Å². The maximum Gasteiger partial charge on any atom is 0.258 e. The van der Waals surface area contributed by atoms with Crippen LogP contribution in [-0.4, -0.2) is 31.2 Å². The van der Waals surface area contributed by atoms with Crippen molar-refractivity contribution in [2.24, 2.45) is 5.41 Å². The highest BCUT2D eigenvalue weighted by atomic mass is 32.2. The van der Waals surface area contributed by atoms with Gasteiger partial charge in [-0.25, -0.2) is 13.1 Å². The summed E-state index contributed by atoms with van der Waals surface area (Å²) < 4.78 is 28.1. The van der Waals surface area contributed by atoms with Crippen LogP contribution in [0, 0.1) is 5.41 Å². The molecule has 21 heavy (non-hydrogen) atoms. The standard InChI is InChI=1S/C14H26N4O2S/c1-4-15-9-11-10-16-17-13(11)21(19,20)18-12-7-5-6-8-14(12,2)3/h10,12,15,18H,4-9H2,1-3H3,(H,16,17). The first kappa shape index (κ1) is 16.5. The Bertz CT molecular complexity index is 565. The van der Waals surface area contributed by atoms with Crippen molar-refractivity contribution < 1.29 is 8.42 Å². The third-order valence-corrected chi connectivity index (χ3v) is 5.80. The van der Waals surface area contributed by atoms with Gasteiger partial charge >= 0.3 is 0 Å². The molecule has 1 saturated carbocycles. The number of hydrogen-bond acceptors (Lipinski definition) is 4. The van der Waals surface area contributed by atoms with Gasteiger partial charge in [-0.3, -0.25) is 5.10 Å². The summed E-state index contributed by atoms with van der Waals surface area (Å²) in [5, 5.41) is 9.83. The fourth-order valence-corrected chi connectivity index (χ4v) is 4.45. The minimum Gasteiger partial charge on any atom is -0.313 e. The van der Waals surface area contributed by atoms with E-state index in [9.17, 15) is 8.42 Å². The van der Waals surface area contributed by atoms with Gasteiger partial charge in [0, 0.05) is 18.2 Å². The molecule has 1 aromatic heterocycles. The molecular weight excluding hydrogens is 288 g/mol. The van der Waals surface area contributed by atoms with E-state index in [-0.39, 0.29) is 16.5 Å². The summed E-state index contributed by atoms with van der Waals surface area (Å²) in [6.45, 7) is 7.53. The summed E-state index contributed by atoms with van der Waals surface area (Å²) in [7, 11) is -3.56. The minimum atomic E-state index is -3.56. The molecule has 0 amide bonds. The predicted octanol–water partition coefficient (Wildman–Crippen LogP) is 1.77. The number of rotatable bonds is 6. The molecule has 1 aliphatic carbocycles. The van der Waals surface area contributed by atoms with E-state index in [1.165, 1.54) is 6.42 Å². The van der Waals surface area contributed by atoms with Gasteiger partial charge in [0.1, 0.15) is 0 Å². The monoisotopic (exact) mass is 314 g/mol. The van der Waals surface area contributed by atoms with Gasteiger partial charge in [-0.2, -0.15) is 5.10 Å². The molecule has 0 radical (unpaired) electrons. The maximum absolute atomic E-state index is 12.6. The third kappa shape index (κ3) is 3.84. The van der Waals surface area contributed by atoms with Crippen molar-refractivity contribution in [2.45, 2.75) is 64.1 Å². The molecule has 0 aliphatic heterocycles. The molecular formula is C14H26N4O2S. The first-order valence-corrected chi connectivity index (χ1v) is 9.10. The van der Waals surface area contributed by atoms with E-state index >= 15 is 0 Å². The highest BCUT2D eigenvalue weighted by Gasteiger charge is 2.36. The zero-order valence-corrected chi connectivity index (χ0v) is 13.9. The number of H-pyrrole nitrogens is 1. The van der Waals surface area contributed by atoms with Gasteiger partial charge in [0.2, 0.25) is 0 Å². The lowest BCUT2D eigenvalue weighted by Gasteiger charge is -2.38. The Hall–Kier alpha value is -0.920. The molecule has 3 N–H and O–H groups in total. The molecule has 1 unspecified atom stereocenters. The Morgan fingerprint density at radius 1 is 1.43 bits per heavy atom. The Balaban J connectivity index is 2.16. The van der Waals surface area contributed by atoms with Gasteiger partial charge in [-0.1, -0.05) is 33.6 Å². The van der Waals surface area contributed by atoms with Crippen molar-refractivity contribution in [1.29, 1.82) is 0 Å². The summed E-state index contributed by atoms with van der Waals surface area (Å²) in [6, 6.07) is -0.0217. The predicted molar refractivity (Wildman–Crippen MR) is 82.3 cm³/mol. The quantitative estimate of drug-likeness (QED) is 0.747. The van der Waals surface area contributed by atoms with Gasteiger partial charge in [-0.05, 0) is 24.8 Å². The molecule has 1 atom stereocenters. The average Bonchev–Trinajstić information content (AvgIpc) is 2.88. The van der Waals surface area contributed by atoms with Crippen LogP contribution in [0.2, 0.25) is 0 Å². The van der Waals surface area contributed by atoms with Gasteiger partial charge in [0.05, 0.1) is 6.20 Å². The molecule has 0 spiro atoms. The first-order valence-electron chi connectivity index (χ1n) is 7.62. The topological polar surface area (TPSA) is 86.9 Å². The molecule has 0 bridgehead atoms. The molecule has 1 fully saturated rings. The lowest BCUT2D eigenvalue weighted by atomic mass is 9.74. The van der Waals surface area contributed by atoms with Crippen molar-refractivity contribution in [1.82, 2.24) is 20.2 Å². The number of hydrogen-bond donors (Lipinski definition) is 3. The van der Waals surface area contributed by atoms with Crippen LogP contribution in [0.4, 0.5) is 0 Å². The van der Waals surface area contributed by atoms with Crippen molar-refractivity contribution in [2.75, 3.05) is 6.54 Å². The fraction of sp³-hybridized carbons (Fsp3) is 0.786. The van der Waals surface area contributed by atoms with Gasteiger partial charge in [-0.15, -0.1) is 0 Å². The van der Waals surface area contributed by atoms with E-state index in [0.29, 0.717) is 12.1 Å². The fourth-order valence-electron chi connectivity index (χ4n) is 2.88. The Kier molecular flexibility index (Phi) is 5.06. The highest BCUT2D eigenvalue weighted by molar-refractivity contribution is 7.89. The number of nitrogens with zero attached hydrogens (tertiary/aromatic N) is 1. The Labute approximate surface area is 127 Å². The second-order valence-corrected chi connectivity index (χ2v) is 8.06. The second kappa shape index (κ2) is 6.46. The first-order chi connectivity index (χ1) is 9.87. The minimum absolute atomic E-state index is 0.00677. The number of nitrogens with one attached hydrogen (secondary N) is 3. The summed E-state index contributed by atoms with van der Waals surface area (Å²) >= 11 is 0. The molecule has 6 nitrogen and oxygen atoms in total. The lowest BCUT2D eigenvalue weighted by molar-refractivity contribution is 0.188. The van der Waals surface area contributed by atoms with Crippen molar-refractivity contribution in [3.8, 4) is 0 Å². The summed E-state index contributed by atoms with van der Waals surface area (Å²) in [4.78, 5) is 0. The normalized spacial score (nSPS) is 22.3. The lowest BCUT2D eigenvalue weighted by Crippen LogP contribution is -2.47. The summed E-state index contributed by atoms with van der Waals surface area (Å²) in [6.07, 6.45) is 5.75. The van der Waals surface area contributed by atoms with E-state index in [1.807, 2.05) is 6.92 Å².